The number of nitrogens with zero attached hydrogens (tertiary/aromatic N) is 2. The highest BCUT2D eigenvalue weighted by Crippen LogP contribution is 2.22. The van der Waals surface area contributed by atoms with Crippen LogP contribution in [0.3, 0.4) is 0 Å². The van der Waals surface area contributed by atoms with E-state index in [9.17, 15) is 4.79 Å². The van der Waals surface area contributed by atoms with E-state index in [-0.39, 0.29) is 11.2 Å². The molecule has 0 aliphatic heterocycles. The molecule has 2 aromatic rings. The van der Waals surface area contributed by atoms with Crippen LogP contribution in [0.1, 0.15) is 13.3 Å². The van der Waals surface area contributed by atoms with Crippen LogP contribution in [-0.4, -0.2) is 21.1 Å². The third-order valence-corrected chi connectivity index (χ3v) is 3.75. The smallest absolute Gasteiger partial charge is 0.237 e. The third kappa shape index (κ3) is 4.06. The molecule has 1 N–H and O–H groups in total. The van der Waals surface area contributed by atoms with Crippen LogP contribution in [0, 0.1) is 0 Å². The minimum atomic E-state index is -0.192. The Bertz CT molecular complexity index is 519. The lowest BCUT2D eigenvalue weighted by Crippen LogP contribution is -2.24. The second-order valence-corrected chi connectivity index (χ2v) is 5.07. The van der Waals surface area contributed by atoms with Gasteiger partial charge in [0.15, 0.2) is 5.16 Å². The molecular formula is C14H15N3OS. The van der Waals surface area contributed by atoms with Crippen LogP contribution in [0.5, 0.6) is 0 Å². The summed E-state index contributed by atoms with van der Waals surface area (Å²) in [7, 11) is 0. The van der Waals surface area contributed by atoms with Crippen molar-refractivity contribution in [2.45, 2.75) is 23.8 Å². The van der Waals surface area contributed by atoms with E-state index in [0.29, 0.717) is 5.16 Å². The van der Waals surface area contributed by atoms with Crippen molar-refractivity contribution in [3.05, 3.63) is 48.8 Å². The highest BCUT2D eigenvalue weighted by atomic mass is 32.2. The molecule has 0 bridgehead atoms. The standard InChI is InChI=1S/C14H15N3OS/c1-2-12(19-14-15-9-6-10-16-14)13(18)17-11-7-4-3-5-8-11/h3-10,12H,2H2,1H3,(H,17,18). The van der Waals surface area contributed by atoms with E-state index in [4.69, 9.17) is 0 Å². The van der Waals surface area contributed by atoms with Crippen LogP contribution in [0.25, 0.3) is 0 Å². The van der Waals surface area contributed by atoms with E-state index in [2.05, 4.69) is 15.3 Å². The second kappa shape index (κ2) is 6.89. The van der Waals surface area contributed by atoms with Crippen LogP contribution in [0.2, 0.25) is 0 Å². The topological polar surface area (TPSA) is 54.9 Å². The number of para-hydroxylation sites is 1. The first-order chi connectivity index (χ1) is 9.29. The van der Waals surface area contributed by atoms with Gasteiger partial charge in [0, 0.05) is 18.1 Å². The Morgan fingerprint density at radius 1 is 1.21 bits per heavy atom. The van der Waals surface area contributed by atoms with Crippen LogP contribution in [0.4, 0.5) is 5.69 Å². The molecule has 0 aliphatic carbocycles. The molecule has 2 rings (SSSR count). The maximum absolute atomic E-state index is 12.2. The molecule has 1 unspecified atom stereocenters. The highest BCUT2D eigenvalue weighted by Gasteiger charge is 2.19. The van der Waals surface area contributed by atoms with Gasteiger partial charge in [0.05, 0.1) is 5.25 Å². The van der Waals surface area contributed by atoms with E-state index in [1.807, 2.05) is 37.3 Å². The highest BCUT2D eigenvalue weighted by molar-refractivity contribution is 8.00. The molecule has 0 radical (unpaired) electrons. The lowest BCUT2D eigenvalue weighted by molar-refractivity contribution is -0.115. The van der Waals surface area contributed by atoms with Crippen LogP contribution < -0.4 is 5.32 Å². The average Bonchev–Trinajstić information content (AvgIpc) is 2.47. The van der Waals surface area contributed by atoms with Gasteiger partial charge >= 0.3 is 0 Å². The Hall–Kier alpha value is -1.88. The number of thioether (sulfide) groups is 1. The number of benzene rings is 1. The van der Waals surface area contributed by atoms with Crippen LogP contribution in [-0.2, 0) is 4.79 Å². The lowest BCUT2D eigenvalue weighted by atomic mass is 10.3. The summed E-state index contributed by atoms with van der Waals surface area (Å²) in [5, 5.41) is 3.33. The molecule has 0 fully saturated rings. The number of rotatable bonds is 5. The first kappa shape index (κ1) is 13.5. The van der Waals surface area contributed by atoms with E-state index in [0.717, 1.165) is 12.1 Å². The van der Waals surface area contributed by atoms with E-state index in [1.54, 1.807) is 18.5 Å². The number of hydrogen-bond donors (Lipinski definition) is 1. The number of amides is 1. The third-order valence-electron chi connectivity index (χ3n) is 2.49. The normalized spacial score (nSPS) is 11.8. The Kier molecular flexibility index (Phi) is 4.92. The van der Waals surface area contributed by atoms with Crippen molar-refractivity contribution in [1.29, 1.82) is 0 Å². The van der Waals surface area contributed by atoms with Crippen molar-refractivity contribution in [2.75, 3.05) is 5.32 Å². The molecule has 1 amide bonds. The van der Waals surface area contributed by atoms with E-state index >= 15 is 0 Å². The molecule has 19 heavy (non-hydrogen) atoms. The van der Waals surface area contributed by atoms with Gasteiger partial charge in [0.2, 0.25) is 5.91 Å². The van der Waals surface area contributed by atoms with Gasteiger partial charge in [-0.05, 0) is 24.6 Å². The number of carbonyl (C=O) groups excluding carboxylic acids is 1. The molecule has 0 saturated heterocycles. The molecule has 1 aromatic carbocycles. The van der Waals surface area contributed by atoms with Crippen LogP contribution in [0.15, 0.2) is 53.9 Å². The molecule has 4 nitrogen and oxygen atoms in total. The van der Waals surface area contributed by atoms with E-state index in [1.165, 1.54) is 11.8 Å². The summed E-state index contributed by atoms with van der Waals surface area (Å²) in [6.45, 7) is 1.98. The molecule has 1 aromatic heterocycles. The van der Waals surface area contributed by atoms with Gasteiger partial charge in [0.1, 0.15) is 0 Å². The van der Waals surface area contributed by atoms with Crippen molar-refractivity contribution >= 4 is 23.4 Å². The Labute approximate surface area is 116 Å². The molecule has 98 valence electrons. The zero-order valence-corrected chi connectivity index (χ0v) is 11.4. The van der Waals surface area contributed by atoms with Gasteiger partial charge in [-0.15, -0.1) is 0 Å². The summed E-state index contributed by atoms with van der Waals surface area (Å²) >= 11 is 1.38. The molecule has 5 heteroatoms. The summed E-state index contributed by atoms with van der Waals surface area (Å²) in [5.41, 5.74) is 0.806. The van der Waals surface area contributed by atoms with Gasteiger partial charge in [-0.3, -0.25) is 4.79 Å². The number of nitrogens with one attached hydrogen (secondary N) is 1. The average molecular weight is 273 g/mol. The predicted molar refractivity (Wildman–Crippen MR) is 77.0 cm³/mol. The van der Waals surface area contributed by atoms with Crippen molar-refractivity contribution in [3.8, 4) is 0 Å². The van der Waals surface area contributed by atoms with Gasteiger partial charge in [-0.25, -0.2) is 9.97 Å². The fourth-order valence-electron chi connectivity index (χ4n) is 1.54. The minimum Gasteiger partial charge on any atom is -0.325 e. The van der Waals surface area contributed by atoms with E-state index < -0.39 is 0 Å². The predicted octanol–water partition coefficient (Wildman–Crippen LogP) is 2.99. The number of hydrogen-bond acceptors (Lipinski definition) is 4. The summed E-state index contributed by atoms with van der Waals surface area (Å²) < 4.78 is 0. The number of carbonyl (C=O) groups is 1. The zero-order valence-electron chi connectivity index (χ0n) is 10.6. The Balaban J connectivity index is 2.00. The zero-order chi connectivity index (χ0) is 13.5. The van der Waals surface area contributed by atoms with Gasteiger partial charge in [-0.1, -0.05) is 36.9 Å². The molecule has 1 heterocycles. The molecule has 0 saturated carbocycles. The number of anilines is 1. The maximum Gasteiger partial charge on any atom is 0.237 e. The SMILES string of the molecule is CCC(Sc1ncccn1)C(=O)Nc1ccccc1. The Morgan fingerprint density at radius 3 is 2.53 bits per heavy atom. The molecule has 0 aliphatic rings. The maximum atomic E-state index is 12.2. The minimum absolute atomic E-state index is 0.0221. The quantitative estimate of drug-likeness (QED) is 0.672. The molecule has 1 atom stereocenters. The van der Waals surface area contributed by atoms with Crippen LogP contribution >= 0.6 is 11.8 Å². The summed E-state index contributed by atoms with van der Waals surface area (Å²) in [6, 6.07) is 11.2. The Morgan fingerprint density at radius 2 is 1.89 bits per heavy atom. The fourth-order valence-corrected chi connectivity index (χ4v) is 2.37. The second-order valence-electron chi connectivity index (χ2n) is 3.90. The van der Waals surface area contributed by atoms with Gasteiger partial charge < -0.3 is 5.32 Å². The summed E-state index contributed by atoms with van der Waals surface area (Å²) in [6.07, 6.45) is 4.08. The van der Waals surface area contributed by atoms with Crippen molar-refractivity contribution in [3.63, 3.8) is 0 Å². The molecule has 0 spiro atoms. The fraction of sp³-hybridized carbons (Fsp3) is 0.214. The number of aromatic nitrogens is 2. The summed E-state index contributed by atoms with van der Waals surface area (Å²) in [5.74, 6) is -0.0221. The van der Waals surface area contributed by atoms with Crippen molar-refractivity contribution in [2.24, 2.45) is 0 Å². The van der Waals surface area contributed by atoms with Crippen molar-refractivity contribution < 1.29 is 4.79 Å². The van der Waals surface area contributed by atoms with Gasteiger partial charge in [0.25, 0.3) is 0 Å². The first-order valence-corrected chi connectivity index (χ1v) is 6.97. The molecular weight excluding hydrogens is 258 g/mol. The largest absolute Gasteiger partial charge is 0.325 e. The van der Waals surface area contributed by atoms with Gasteiger partial charge in [-0.2, -0.15) is 0 Å². The lowest BCUT2D eigenvalue weighted by Gasteiger charge is -2.13. The monoisotopic (exact) mass is 273 g/mol. The van der Waals surface area contributed by atoms with Crippen molar-refractivity contribution in [1.82, 2.24) is 9.97 Å². The first-order valence-electron chi connectivity index (χ1n) is 6.09. The summed E-state index contributed by atoms with van der Waals surface area (Å²) in [4.78, 5) is 20.4.